The molecule has 25 heavy (non-hydrogen) atoms. The summed E-state index contributed by atoms with van der Waals surface area (Å²) in [5.74, 6) is 0.139. The minimum atomic E-state index is -0.431. The first-order valence-corrected chi connectivity index (χ1v) is 7.60. The predicted octanol–water partition coefficient (Wildman–Crippen LogP) is 3.79. The number of methoxy groups -OCH3 is 2. The first-order chi connectivity index (χ1) is 12.0. The highest BCUT2D eigenvalue weighted by Gasteiger charge is 2.18. The zero-order valence-corrected chi connectivity index (χ0v) is 14.1. The van der Waals surface area contributed by atoms with Gasteiger partial charge in [-0.05, 0) is 49.4 Å². The Morgan fingerprint density at radius 3 is 2.40 bits per heavy atom. The molecule has 0 saturated heterocycles. The van der Waals surface area contributed by atoms with Crippen LogP contribution >= 0.6 is 0 Å². The second-order valence-corrected chi connectivity index (χ2v) is 5.44. The molecule has 1 aromatic heterocycles. The summed E-state index contributed by atoms with van der Waals surface area (Å²) in [5, 5.41) is 3.58. The van der Waals surface area contributed by atoms with Gasteiger partial charge in [0.1, 0.15) is 11.3 Å². The van der Waals surface area contributed by atoms with Gasteiger partial charge in [0.2, 0.25) is 0 Å². The Balaban J connectivity index is 1.85. The normalized spacial score (nSPS) is 10.5. The van der Waals surface area contributed by atoms with Gasteiger partial charge < -0.3 is 19.2 Å². The topological polar surface area (TPSA) is 77.8 Å². The van der Waals surface area contributed by atoms with Crippen molar-refractivity contribution in [1.29, 1.82) is 0 Å². The number of furan rings is 1. The number of hydrogen-bond donors (Lipinski definition) is 1. The van der Waals surface area contributed by atoms with E-state index in [1.807, 2.05) is 13.0 Å². The van der Waals surface area contributed by atoms with Crippen molar-refractivity contribution in [2.24, 2.45) is 0 Å². The molecule has 0 spiro atoms. The number of carbonyl (C=O) groups is 2. The Labute approximate surface area is 144 Å². The Morgan fingerprint density at radius 2 is 1.76 bits per heavy atom. The van der Waals surface area contributed by atoms with Gasteiger partial charge in [-0.2, -0.15) is 0 Å². The number of aryl methyl sites for hydroxylation is 1. The van der Waals surface area contributed by atoms with Crippen LogP contribution in [0.2, 0.25) is 0 Å². The van der Waals surface area contributed by atoms with E-state index in [9.17, 15) is 9.59 Å². The van der Waals surface area contributed by atoms with Crippen LogP contribution in [0.5, 0.6) is 5.75 Å². The molecule has 0 aliphatic heterocycles. The molecular weight excluding hydrogens is 322 g/mol. The van der Waals surface area contributed by atoms with Crippen molar-refractivity contribution in [2.75, 3.05) is 19.5 Å². The van der Waals surface area contributed by atoms with Crippen LogP contribution in [0.4, 0.5) is 5.69 Å². The Hall–Kier alpha value is -3.28. The van der Waals surface area contributed by atoms with Crippen LogP contribution in [0, 0.1) is 6.92 Å². The third kappa shape index (κ3) is 3.19. The van der Waals surface area contributed by atoms with E-state index in [0.717, 1.165) is 10.9 Å². The molecule has 1 N–H and O–H groups in total. The van der Waals surface area contributed by atoms with Crippen LogP contribution in [0.15, 0.2) is 46.9 Å². The fourth-order valence-corrected chi connectivity index (χ4v) is 2.54. The molecule has 1 heterocycles. The molecule has 6 heteroatoms. The molecule has 3 rings (SSSR count). The molecule has 0 fully saturated rings. The van der Waals surface area contributed by atoms with Crippen LogP contribution in [0.3, 0.4) is 0 Å². The zero-order chi connectivity index (χ0) is 18.0. The fourth-order valence-electron chi connectivity index (χ4n) is 2.54. The summed E-state index contributed by atoms with van der Waals surface area (Å²) in [6.45, 7) is 1.82. The van der Waals surface area contributed by atoms with E-state index in [1.54, 1.807) is 43.5 Å². The number of hydrogen-bond acceptors (Lipinski definition) is 5. The smallest absolute Gasteiger partial charge is 0.337 e. The molecule has 1 amide bonds. The van der Waals surface area contributed by atoms with Crippen LogP contribution in [-0.2, 0) is 4.74 Å². The number of esters is 1. The first kappa shape index (κ1) is 16.6. The number of nitrogens with one attached hydrogen (secondary N) is 1. The van der Waals surface area contributed by atoms with Crippen molar-refractivity contribution >= 4 is 28.5 Å². The van der Waals surface area contributed by atoms with Gasteiger partial charge in [-0.1, -0.05) is 0 Å². The summed E-state index contributed by atoms with van der Waals surface area (Å²) < 4.78 is 15.5. The number of benzene rings is 2. The molecule has 128 valence electrons. The van der Waals surface area contributed by atoms with Crippen molar-refractivity contribution in [2.45, 2.75) is 6.92 Å². The number of carbonyl (C=O) groups excluding carboxylic acids is 2. The van der Waals surface area contributed by atoms with E-state index >= 15 is 0 Å². The summed E-state index contributed by atoms with van der Waals surface area (Å²) >= 11 is 0. The third-order valence-corrected chi connectivity index (χ3v) is 3.91. The van der Waals surface area contributed by atoms with Gasteiger partial charge in [0, 0.05) is 16.6 Å². The molecule has 0 aliphatic carbocycles. The van der Waals surface area contributed by atoms with Crippen LogP contribution in [-0.4, -0.2) is 26.1 Å². The molecule has 3 aromatic rings. The SMILES string of the molecule is COC(=O)c1ccc(NC(=O)c2oc3ccc(OC)cc3c2C)cc1. The average Bonchev–Trinajstić information content (AvgIpc) is 2.98. The summed E-state index contributed by atoms with van der Waals surface area (Å²) in [6, 6.07) is 11.8. The summed E-state index contributed by atoms with van der Waals surface area (Å²) in [5.41, 5.74) is 2.31. The molecule has 0 atom stereocenters. The standard InChI is InChI=1S/C19H17NO5/c1-11-15-10-14(23-2)8-9-16(15)25-17(11)18(21)20-13-6-4-12(5-7-13)19(22)24-3/h4-10H,1-3H3,(H,20,21). The number of fused-ring (bicyclic) bond motifs is 1. The summed E-state index contributed by atoms with van der Waals surface area (Å²) in [6.07, 6.45) is 0. The highest BCUT2D eigenvalue weighted by molar-refractivity contribution is 6.06. The zero-order valence-electron chi connectivity index (χ0n) is 14.1. The van der Waals surface area contributed by atoms with E-state index < -0.39 is 5.97 Å². The lowest BCUT2D eigenvalue weighted by atomic mass is 10.1. The quantitative estimate of drug-likeness (QED) is 0.732. The van der Waals surface area contributed by atoms with Crippen LogP contribution in [0.1, 0.15) is 26.5 Å². The maximum Gasteiger partial charge on any atom is 0.337 e. The molecule has 0 aliphatic rings. The Morgan fingerprint density at radius 1 is 1.04 bits per heavy atom. The Kier molecular flexibility index (Phi) is 4.43. The molecule has 0 saturated carbocycles. The average molecular weight is 339 g/mol. The number of ether oxygens (including phenoxy) is 2. The van der Waals surface area contributed by atoms with Gasteiger partial charge in [-0.25, -0.2) is 4.79 Å². The lowest BCUT2D eigenvalue weighted by molar-refractivity contribution is 0.0600. The second-order valence-electron chi connectivity index (χ2n) is 5.44. The minimum absolute atomic E-state index is 0.236. The summed E-state index contributed by atoms with van der Waals surface area (Å²) in [4.78, 5) is 23.9. The number of amides is 1. The maximum atomic E-state index is 12.5. The monoisotopic (exact) mass is 339 g/mol. The number of anilines is 1. The molecule has 0 radical (unpaired) electrons. The van der Waals surface area contributed by atoms with E-state index in [-0.39, 0.29) is 11.7 Å². The maximum absolute atomic E-state index is 12.5. The number of rotatable bonds is 4. The molecular formula is C19H17NO5. The van der Waals surface area contributed by atoms with Gasteiger partial charge >= 0.3 is 5.97 Å². The van der Waals surface area contributed by atoms with Crippen molar-refractivity contribution in [3.05, 3.63) is 59.4 Å². The lowest BCUT2D eigenvalue weighted by Crippen LogP contribution is -2.12. The van der Waals surface area contributed by atoms with Gasteiger partial charge in [-0.3, -0.25) is 4.79 Å². The Bertz CT molecular complexity index is 940. The molecule has 6 nitrogen and oxygen atoms in total. The van der Waals surface area contributed by atoms with Crippen LogP contribution < -0.4 is 10.1 Å². The van der Waals surface area contributed by atoms with E-state index in [1.165, 1.54) is 7.11 Å². The van der Waals surface area contributed by atoms with Crippen molar-refractivity contribution in [3.8, 4) is 5.75 Å². The molecule has 2 aromatic carbocycles. The van der Waals surface area contributed by atoms with Gasteiger partial charge in [0.05, 0.1) is 19.8 Å². The third-order valence-electron chi connectivity index (χ3n) is 3.91. The van der Waals surface area contributed by atoms with Crippen molar-refractivity contribution in [3.63, 3.8) is 0 Å². The fraction of sp³-hybridized carbons (Fsp3) is 0.158. The summed E-state index contributed by atoms with van der Waals surface area (Å²) in [7, 11) is 2.90. The van der Waals surface area contributed by atoms with Crippen molar-refractivity contribution in [1.82, 2.24) is 0 Å². The van der Waals surface area contributed by atoms with E-state index in [0.29, 0.717) is 22.6 Å². The first-order valence-electron chi connectivity index (χ1n) is 7.60. The van der Waals surface area contributed by atoms with E-state index in [4.69, 9.17) is 9.15 Å². The second kappa shape index (κ2) is 6.68. The lowest BCUT2D eigenvalue weighted by Gasteiger charge is -2.05. The molecule has 0 unspecified atom stereocenters. The minimum Gasteiger partial charge on any atom is -0.497 e. The predicted molar refractivity (Wildman–Crippen MR) is 93.2 cm³/mol. The molecule has 0 bridgehead atoms. The van der Waals surface area contributed by atoms with Gasteiger partial charge in [0.25, 0.3) is 5.91 Å². The highest BCUT2D eigenvalue weighted by atomic mass is 16.5. The van der Waals surface area contributed by atoms with Gasteiger partial charge in [0.15, 0.2) is 5.76 Å². The van der Waals surface area contributed by atoms with Crippen LogP contribution in [0.25, 0.3) is 11.0 Å². The highest BCUT2D eigenvalue weighted by Crippen LogP contribution is 2.29. The largest absolute Gasteiger partial charge is 0.497 e. The van der Waals surface area contributed by atoms with Gasteiger partial charge in [-0.15, -0.1) is 0 Å². The van der Waals surface area contributed by atoms with E-state index in [2.05, 4.69) is 10.1 Å². The van der Waals surface area contributed by atoms with Crippen molar-refractivity contribution < 1.29 is 23.5 Å².